The first-order valence-corrected chi connectivity index (χ1v) is 11.3. The van der Waals surface area contributed by atoms with Crippen molar-refractivity contribution in [3.05, 3.63) is 89.2 Å². The van der Waals surface area contributed by atoms with E-state index in [0.717, 1.165) is 50.3 Å². The van der Waals surface area contributed by atoms with E-state index < -0.39 is 0 Å². The Morgan fingerprint density at radius 2 is 1.78 bits per heavy atom. The van der Waals surface area contributed by atoms with Crippen molar-refractivity contribution in [3.8, 4) is 11.5 Å². The van der Waals surface area contributed by atoms with Crippen molar-refractivity contribution >= 4 is 5.69 Å². The summed E-state index contributed by atoms with van der Waals surface area (Å²) in [6.45, 7) is 2.88. The van der Waals surface area contributed by atoms with Crippen molar-refractivity contribution in [2.75, 3.05) is 31.6 Å². The van der Waals surface area contributed by atoms with E-state index in [9.17, 15) is 9.50 Å². The van der Waals surface area contributed by atoms with Crippen LogP contribution in [-0.4, -0.2) is 42.8 Å². The Labute approximate surface area is 188 Å². The molecule has 5 heteroatoms. The van der Waals surface area contributed by atoms with Gasteiger partial charge in [0.2, 0.25) is 0 Å². The number of likely N-dealkylation sites (N-methyl/N-ethyl adjacent to an activating group) is 1. The van der Waals surface area contributed by atoms with E-state index >= 15 is 0 Å². The fourth-order valence-corrected chi connectivity index (χ4v) is 4.97. The summed E-state index contributed by atoms with van der Waals surface area (Å²) < 4.78 is 19.7. The molecule has 0 radical (unpaired) electrons. The third kappa shape index (κ3) is 4.44. The molecule has 4 nitrogen and oxygen atoms in total. The molecule has 0 aromatic heterocycles. The lowest BCUT2D eigenvalue weighted by Gasteiger charge is -2.39. The maximum absolute atomic E-state index is 13.5. The van der Waals surface area contributed by atoms with Crippen molar-refractivity contribution in [1.29, 1.82) is 0 Å². The van der Waals surface area contributed by atoms with Crippen LogP contribution in [0.2, 0.25) is 0 Å². The van der Waals surface area contributed by atoms with Crippen LogP contribution < -0.4 is 9.64 Å². The van der Waals surface area contributed by atoms with Crippen molar-refractivity contribution in [1.82, 2.24) is 4.90 Å². The SMILES string of the molecule is CN1CCC(Oc2ccc(CC3c4ccc(O)cc4CCN3c3ccc(F)cc3)cc2)C1. The van der Waals surface area contributed by atoms with Gasteiger partial charge in [-0.1, -0.05) is 18.2 Å². The molecule has 166 valence electrons. The van der Waals surface area contributed by atoms with Crippen LogP contribution in [-0.2, 0) is 12.8 Å². The van der Waals surface area contributed by atoms with Crippen LogP contribution in [0.25, 0.3) is 0 Å². The summed E-state index contributed by atoms with van der Waals surface area (Å²) in [7, 11) is 2.13. The number of anilines is 1. The van der Waals surface area contributed by atoms with Crippen molar-refractivity contribution in [2.45, 2.75) is 31.4 Å². The number of ether oxygens (including phenoxy) is 1. The van der Waals surface area contributed by atoms with E-state index in [1.807, 2.05) is 24.3 Å². The highest BCUT2D eigenvalue weighted by molar-refractivity contribution is 5.53. The molecular weight excluding hydrogens is 403 g/mol. The Kier molecular flexibility index (Phi) is 5.75. The van der Waals surface area contributed by atoms with Gasteiger partial charge in [0.05, 0.1) is 6.04 Å². The Morgan fingerprint density at radius 1 is 1.00 bits per heavy atom. The first-order valence-electron chi connectivity index (χ1n) is 11.3. The Morgan fingerprint density at radius 3 is 2.50 bits per heavy atom. The van der Waals surface area contributed by atoms with Crippen molar-refractivity contribution in [2.24, 2.45) is 0 Å². The second-order valence-electron chi connectivity index (χ2n) is 8.96. The molecule has 3 aromatic carbocycles. The Balaban J connectivity index is 1.39. The van der Waals surface area contributed by atoms with E-state index in [4.69, 9.17) is 4.74 Å². The number of hydrogen-bond donors (Lipinski definition) is 1. The molecule has 1 fully saturated rings. The molecule has 0 spiro atoms. The van der Waals surface area contributed by atoms with Gasteiger partial charge in [-0.2, -0.15) is 0 Å². The molecule has 0 aliphatic carbocycles. The maximum Gasteiger partial charge on any atom is 0.123 e. The van der Waals surface area contributed by atoms with E-state index in [1.54, 1.807) is 6.07 Å². The largest absolute Gasteiger partial charge is 0.508 e. The number of halogens is 1. The van der Waals surface area contributed by atoms with E-state index in [1.165, 1.54) is 28.8 Å². The lowest BCUT2D eigenvalue weighted by molar-refractivity contribution is 0.208. The summed E-state index contributed by atoms with van der Waals surface area (Å²) in [5, 5.41) is 9.97. The Hall–Kier alpha value is -3.05. The number of rotatable bonds is 5. The van der Waals surface area contributed by atoms with Gasteiger partial charge >= 0.3 is 0 Å². The normalized spacial score (nSPS) is 20.9. The minimum Gasteiger partial charge on any atom is -0.508 e. The third-order valence-corrected chi connectivity index (χ3v) is 6.65. The van der Waals surface area contributed by atoms with E-state index in [2.05, 4.69) is 41.1 Å². The van der Waals surface area contributed by atoms with Gasteiger partial charge in [0.1, 0.15) is 23.4 Å². The summed E-state index contributed by atoms with van der Waals surface area (Å²) in [5.41, 5.74) is 4.63. The van der Waals surface area contributed by atoms with Gasteiger partial charge in [-0.3, -0.25) is 0 Å². The average molecular weight is 433 g/mol. The quantitative estimate of drug-likeness (QED) is 0.618. The topological polar surface area (TPSA) is 35.9 Å². The number of hydrogen-bond acceptors (Lipinski definition) is 4. The predicted molar refractivity (Wildman–Crippen MR) is 125 cm³/mol. The second kappa shape index (κ2) is 8.83. The molecule has 0 amide bonds. The molecule has 2 atom stereocenters. The van der Waals surface area contributed by atoms with Crippen LogP contribution in [0.4, 0.5) is 10.1 Å². The lowest BCUT2D eigenvalue weighted by Crippen LogP contribution is -2.36. The number of aromatic hydroxyl groups is 1. The minimum absolute atomic E-state index is 0.111. The fraction of sp³-hybridized carbons (Fsp3) is 0.333. The molecule has 0 saturated carbocycles. The van der Waals surface area contributed by atoms with Gasteiger partial charge in [-0.05, 0) is 91.5 Å². The fourth-order valence-electron chi connectivity index (χ4n) is 4.97. The smallest absolute Gasteiger partial charge is 0.123 e. The predicted octanol–water partition coefficient (Wildman–Crippen LogP) is 4.96. The van der Waals surface area contributed by atoms with Crippen LogP contribution in [0.15, 0.2) is 66.7 Å². The van der Waals surface area contributed by atoms with Gasteiger partial charge < -0.3 is 19.6 Å². The number of phenols is 1. The molecule has 5 rings (SSSR count). The number of nitrogens with zero attached hydrogens (tertiary/aromatic N) is 2. The number of fused-ring (bicyclic) bond motifs is 1. The summed E-state index contributed by atoms with van der Waals surface area (Å²) in [6, 6.07) is 20.9. The molecule has 2 aliphatic rings. The number of phenolic OH excluding ortho intramolecular Hbond substituents is 1. The number of likely N-dealkylation sites (tertiary alicyclic amines) is 1. The zero-order valence-electron chi connectivity index (χ0n) is 18.4. The van der Waals surface area contributed by atoms with Crippen LogP contribution in [0, 0.1) is 5.82 Å². The summed E-state index contributed by atoms with van der Waals surface area (Å²) in [6.07, 6.45) is 3.00. The zero-order chi connectivity index (χ0) is 22.1. The molecule has 2 aliphatic heterocycles. The third-order valence-electron chi connectivity index (χ3n) is 6.65. The second-order valence-corrected chi connectivity index (χ2v) is 8.96. The van der Waals surface area contributed by atoms with Crippen LogP contribution >= 0.6 is 0 Å². The van der Waals surface area contributed by atoms with Crippen molar-refractivity contribution in [3.63, 3.8) is 0 Å². The van der Waals surface area contributed by atoms with Gasteiger partial charge in [0.25, 0.3) is 0 Å². The molecule has 2 unspecified atom stereocenters. The Bertz CT molecular complexity index is 1070. The standard InChI is InChI=1S/C27H29FN2O2/c1-29-14-13-25(18-29)32-24-9-2-19(3-10-24)16-27-26-11-8-23(31)17-20(26)12-15-30(27)22-6-4-21(28)5-7-22/h2-11,17,25,27,31H,12-16,18H2,1H3. The highest BCUT2D eigenvalue weighted by Crippen LogP contribution is 2.37. The van der Waals surface area contributed by atoms with Gasteiger partial charge in [0.15, 0.2) is 0 Å². The summed E-state index contributed by atoms with van der Waals surface area (Å²) >= 11 is 0. The number of benzene rings is 3. The van der Waals surface area contributed by atoms with E-state index in [0.29, 0.717) is 5.75 Å². The summed E-state index contributed by atoms with van der Waals surface area (Å²) in [5.74, 6) is 0.992. The molecule has 1 saturated heterocycles. The molecule has 2 heterocycles. The molecule has 0 bridgehead atoms. The zero-order valence-corrected chi connectivity index (χ0v) is 18.4. The van der Waals surface area contributed by atoms with Crippen LogP contribution in [0.3, 0.4) is 0 Å². The monoisotopic (exact) mass is 432 g/mol. The highest BCUT2D eigenvalue weighted by atomic mass is 19.1. The maximum atomic E-state index is 13.5. The van der Waals surface area contributed by atoms with Gasteiger partial charge in [-0.15, -0.1) is 0 Å². The first kappa shape index (κ1) is 20.8. The molecule has 3 aromatic rings. The highest BCUT2D eigenvalue weighted by Gasteiger charge is 2.28. The molecule has 1 N–H and O–H groups in total. The van der Waals surface area contributed by atoms with E-state index in [-0.39, 0.29) is 18.0 Å². The molecular formula is C27H29FN2O2. The minimum atomic E-state index is -0.225. The lowest BCUT2D eigenvalue weighted by atomic mass is 9.88. The van der Waals surface area contributed by atoms with Gasteiger partial charge in [0, 0.05) is 25.3 Å². The van der Waals surface area contributed by atoms with Crippen LogP contribution in [0.1, 0.15) is 29.2 Å². The first-order chi connectivity index (χ1) is 15.5. The summed E-state index contributed by atoms with van der Waals surface area (Å²) in [4.78, 5) is 4.64. The van der Waals surface area contributed by atoms with Crippen molar-refractivity contribution < 1.29 is 14.2 Å². The van der Waals surface area contributed by atoms with Gasteiger partial charge in [-0.25, -0.2) is 4.39 Å². The van der Waals surface area contributed by atoms with Crippen LogP contribution in [0.5, 0.6) is 11.5 Å². The average Bonchev–Trinajstić information content (AvgIpc) is 3.20. The molecule has 32 heavy (non-hydrogen) atoms.